The Labute approximate surface area is 173 Å². The van der Waals surface area contributed by atoms with Gasteiger partial charge in [0.05, 0.1) is 0 Å². The first-order valence-electron chi connectivity index (χ1n) is 10.2. The molecular weight excluding hydrogens is 366 g/mol. The number of nitrogens with zero attached hydrogens (tertiary/aromatic N) is 1. The molecule has 2 rings (SSSR count). The van der Waals surface area contributed by atoms with E-state index in [9.17, 15) is 9.59 Å². The van der Waals surface area contributed by atoms with Gasteiger partial charge in [-0.15, -0.1) is 0 Å². The Morgan fingerprint density at radius 1 is 1.07 bits per heavy atom. The lowest BCUT2D eigenvalue weighted by Crippen LogP contribution is -2.46. The number of likely N-dealkylation sites (N-methyl/N-ethyl adjacent to an activating group) is 1. The van der Waals surface area contributed by atoms with Crippen molar-refractivity contribution in [1.29, 1.82) is 0 Å². The molecule has 0 bridgehead atoms. The summed E-state index contributed by atoms with van der Waals surface area (Å²) in [6, 6.07) is 3.49. The minimum Gasteiger partial charge on any atom is -0.432 e. The van der Waals surface area contributed by atoms with Crippen molar-refractivity contribution in [3.8, 4) is 0 Å². The molecule has 2 N–H and O–H groups in total. The molecule has 1 aromatic carbocycles. The van der Waals surface area contributed by atoms with Crippen LogP contribution in [0.2, 0.25) is 0 Å². The van der Waals surface area contributed by atoms with Gasteiger partial charge in [-0.05, 0) is 34.8 Å². The lowest BCUT2D eigenvalue weighted by Gasteiger charge is -2.24. The van der Waals surface area contributed by atoms with Crippen LogP contribution < -0.4 is 10.6 Å². The minimum absolute atomic E-state index is 0.0192. The predicted molar refractivity (Wildman–Crippen MR) is 116 cm³/mol. The molecule has 0 saturated carbocycles. The number of amides is 2. The first kappa shape index (κ1) is 22.9. The van der Waals surface area contributed by atoms with E-state index in [1.54, 1.807) is 7.05 Å². The van der Waals surface area contributed by atoms with Crippen LogP contribution in [0, 0.1) is 5.92 Å². The molecule has 2 aromatic rings. The second-order valence-electron chi connectivity index (χ2n) is 10.2. The van der Waals surface area contributed by atoms with Crippen molar-refractivity contribution in [2.75, 3.05) is 7.05 Å². The summed E-state index contributed by atoms with van der Waals surface area (Å²) in [7, 11) is 1.56. The van der Waals surface area contributed by atoms with Gasteiger partial charge in [0.2, 0.25) is 5.91 Å². The zero-order chi connectivity index (χ0) is 22.1. The molecule has 1 atom stereocenters. The van der Waals surface area contributed by atoms with E-state index in [4.69, 9.17) is 4.42 Å². The highest BCUT2D eigenvalue weighted by atomic mass is 16.4. The summed E-state index contributed by atoms with van der Waals surface area (Å²) in [4.78, 5) is 29.4. The van der Waals surface area contributed by atoms with Gasteiger partial charge in [-0.1, -0.05) is 61.5 Å². The van der Waals surface area contributed by atoms with Crippen LogP contribution in [0.1, 0.15) is 83.6 Å². The fraction of sp³-hybridized carbons (Fsp3) is 0.609. The Bertz CT molecular complexity index is 898. The number of nitrogens with one attached hydrogen (secondary N) is 2. The summed E-state index contributed by atoms with van der Waals surface area (Å²) >= 11 is 0. The van der Waals surface area contributed by atoms with Crippen molar-refractivity contribution in [2.45, 2.75) is 78.7 Å². The second-order valence-corrected chi connectivity index (χ2v) is 10.2. The largest absolute Gasteiger partial charge is 0.432 e. The van der Waals surface area contributed by atoms with E-state index in [1.807, 2.05) is 19.9 Å². The van der Waals surface area contributed by atoms with Crippen LogP contribution in [0.25, 0.3) is 11.1 Å². The fourth-order valence-corrected chi connectivity index (χ4v) is 3.22. The summed E-state index contributed by atoms with van der Waals surface area (Å²) in [5.41, 5.74) is 3.20. The van der Waals surface area contributed by atoms with Gasteiger partial charge >= 0.3 is 5.91 Å². The van der Waals surface area contributed by atoms with Crippen molar-refractivity contribution in [1.82, 2.24) is 15.6 Å². The van der Waals surface area contributed by atoms with Crippen molar-refractivity contribution in [2.24, 2.45) is 5.92 Å². The quantitative estimate of drug-likeness (QED) is 0.782. The number of aromatic nitrogens is 1. The molecule has 0 fully saturated rings. The number of carbonyl (C=O) groups is 2. The van der Waals surface area contributed by atoms with Crippen molar-refractivity contribution in [3.05, 3.63) is 29.2 Å². The zero-order valence-corrected chi connectivity index (χ0v) is 19.2. The highest BCUT2D eigenvalue weighted by Gasteiger charge is 2.28. The third-order valence-electron chi connectivity index (χ3n) is 4.93. The Morgan fingerprint density at radius 3 is 2.17 bits per heavy atom. The molecule has 29 heavy (non-hydrogen) atoms. The standard InChI is InChI=1S/C23H35N3O3/c1-13(2)10-17(19(27)24-9)25-20(28)21-26-16-12-14(22(3,4)5)11-15(18(16)29-21)23(6,7)8/h11-13,17H,10H2,1-9H3,(H,24,27)(H,25,28)/t17-/m0/s1. The number of benzene rings is 1. The molecule has 0 aliphatic rings. The number of hydrogen-bond acceptors (Lipinski definition) is 4. The van der Waals surface area contributed by atoms with Crippen LogP contribution in [-0.4, -0.2) is 29.9 Å². The summed E-state index contributed by atoms with van der Waals surface area (Å²) in [6.45, 7) is 16.8. The number of rotatable bonds is 5. The van der Waals surface area contributed by atoms with Gasteiger partial charge in [0.1, 0.15) is 11.6 Å². The van der Waals surface area contributed by atoms with Crippen LogP contribution >= 0.6 is 0 Å². The van der Waals surface area contributed by atoms with Crippen molar-refractivity contribution in [3.63, 3.8) is 0 Å². The number of hydrogen-bond donors (Lipinski definition) is 2. The van der Waals surface area contributed by atoms with Gasteiger partial charge in [-0.2, -0.15) is 0 Å². The topological polar surface area (TPSA) is 84.2 Å². The van der Waals surface area contributed by atoms with E-state index >= 15 is 0 Å². The lowest BCUT2D eigenvalue weighted by molar-refractivity contribution is -0.122. The molecule has 1 aromatic heterocycles. The SMILES string of the molecule is CNC(=O)[C@H](CC(C)C)NC(=O)c1nc2cc(C(C)(C)C)cc(C(C)(C)C)c2o1. The lowest BCUT2D eigenvalue weighted by atomic mass is 9.80. The van der Waals surface area contributed by atoms with Gasteiger partial charge in [-0.25, -0.2) is 4.98 Å². The first-order valence-corrected chi connectivity index (χ1v) is 10.2. The van der Waals surface area contributed by atoms with Gasteiger partial charge in [-0.3, -0.25) is 9.59 Å². The van der Waals surface area contributed by atoms with Gasteiger partial charge in [0, 0.05) is 12.6 Å². The average Bonchev–Trinajstić information content (AvgIpc) is 3.01. The van der Waals surface area contributed by atoms with Gasteiger partial charge in [0.15, 0.2) is 5.58 Å². The van der Waals surface area contributed by atoms with Gasteiger partial charge < -0.3 is 15.1 Å². The van der Waals surface area contributed by atoms with Gasteiger partial charge in [0.25, 0.3) is 5.89 Å². The molecule has 0 unspecified atom stereocenters. The molecule has 0 radical (unpaired) electrons. The third-order valence-corrected chi connectivity index (χ3v) is 4.93. The van der Waals surface area contributed by atoms with Crippen LogP contribution in [-0.2, 0) is 15.6 Å². The highest BCUT2D eigenvalue weighted by Crippen LogP contribution is 2.35. The summed E-state index contributed by atoms with van der Waals surface area (Å²) in [5, 5.41) is 5.37. The molecule has 6 heteroatoms. The van der Waals surface area contributed by atoms with Crippen LogP contribution in [0.5, 0.6) is 0 Å². The van der Waals surface area contributed by atoms with E-state index in [1.165, 1.54) is 0 Å². The van der Waals surface area contributed by atoms with Crippen LogP contribution in [0.3, 0.4) is 0 Å². The normalized spacial score (nSPS) is 13.6. The van der Waals surface area contributed by atoms with Crippen LogP contribution in [0.15, 0.2) is 16.5 Å². The molecule has 0 saturated heterocycles. The molecule has 2 amide bonds. The average molecular weight is 402 g/mol. The molecular formula is C23H35N3O3. The maximum atomic E-state index is 12.8. The number of oxazole rings is 1. The fourth-order valence-electron chi connectivity index (χ4n) is 3.22. The van der Waals surface area contributed by atoms with Crippen LogP contribution in [0.4, 0.5) is 0 Å². The summed E-state index contributed by atoms with van der Waals surface area (Å²) < 4.78 is 5.92. The second kappa shape index (κ2) is 8.17. The van der Waals surface area contributed by atoms with Crippen molar-refractivity contribution >= 4 is 22.9 Å². The monoisotopic (exact) mass is 401 g/mol. The minimum atomic E-state index is -0.630. The molecule has 6 nitrogen and oxygen atoms in total. The smallest absolute Gasteiger partial charge is 0.307 e. The maximum absolute atomic E-state index is 12.8. The first-order chi connectivity index (χ1) is 13.2. The number of carbonyl (C=O) groups excluding carboxylic acids is 2. The van der Waals surface area contributed by atoms with E-state index in [2.05, 4.69) is 63.2 Å². The molecule has 0 spiro atoms. The molecule has 1 heterocycles. The van der Waals surface area contributed by atoms with E-state index in [-0.39, 0.29) is 28.5 Å². The van der Waals surface area contributed by atoms with E-state index < -0.39 is 11.9 Å². The summed E-state index contributed by atoms with van der Waals surface area (Å²) in [6.07, 6.45) is 0.535. The Kier molecular flexibility index (Phi) is 6.45. The molecule has 0 aliphatic carbocycles. The zero-order valence-electron chi connectivity index (χ0n) is 19.2. The Balaban J connectivity index is 2.49. The molecule has 160 valence electrons. The molecule has 0 aliphatic heterocycles. The van der Waals surface area contributed by atoms with Crippen molar-refractivity contribution < 1.29 is 14.0 Å². The third kappa shape index (κ3) is 5.37. The van der Waals surface area contributed by atoms with E-state index in [0.29, 0.717) is 17.5 Å². The Morgan fingerprint density at radius 2 is 1.69 bits per heavy atom. The number of fused-ring (bicyclic) bond motifs is 1. The predicted octanol–water partition coefficient (Wildman–Crippen LogP) is 4.31. The highest BCUT2D eigenvalue weighted by molar-refractivity contribution is 5.96. The van der Waals surface area contributed by atoms with E-state index in [0.717, 1.165) is 11.1 Å². The summed E-state index contributed by atoms with van der Waals surface area (Å²) in [5.74, 6) is -0.474. The maximum Gasteiger partial charge on any atom is 0.307 e. The Hall–Kier alpha value is -2.37.